The summed E-state index contributed by atoms with van der Waals surface area (Å²) in [4.78, 5) is 11.0. The van der Waals surface area contributed by atoms with E-state index < -0.39 is 0 Å². The van der Waals surface area contributed by atoms with E-state index in [-0.39, 0.29) is 0 Å². The normalized spacial score (nSPS) is 35.0. The summed E-state index contributed by atoms with van der Waals surface area (Å²) in [6.45, 7) is 13.5. The Labute approximate surface area is 142 Å². The average Bonchev–Trinajstić information content (AvgIpc) is 3.33. The number of nitrogens with zero attached hydrogens (tertiary/aromatic N) is 4. The molecular formula is C19H36N4. The number of hydrogen-bond acceptors (Lipinski definition) is 4. The number of likely N-dealkylation sites (tertiary alicyclic amines) is 4. The van der Waals surface area contributed by atoms with Crippen LogP contribution in [0.3, 0.4) is 0 Å². The Hall–Kier alpha value is -0.160. The molecule has 4 aliphatic rings. The maximum absolute atomic E-state index is 2.75. The van der Waals surface area contributed by atoms with Crippen LogP contribution in [0, 0.1) is 0 Å². The minimum atomic E-state index is 0.879. The first-order valence-electron chi connectivity index (χ1n) is 10.3. The lowest BCUT2D eigenvalue weighted by atomic mass is 10.2. The monoisotopic (exact) mass is 320 g/mol. The van der Waals surface area contributed by atoms with Crippen molar-refractivity contribution in [1.82, 2.24) is 19.6 Å². The minimum Gasteiger partial charge on any atom is -0.302 e. The van der Waals surface area contributed by atoms with Gasteiger partial charge in [-0.15, -0.1) is 0 Å². The Morgan fingerprint density at radius 1 is 0.565 bits per heavy atom. The first-order chi connectivity index (χ1) is 11.4. The van der Waals surface area contributed by atoms with Crippen molar-refractivity contribution in [2.45, 2.75) is 57.0 Å². The van der Waals surface area contributed by atoms with Gasteiger partial charge < -0.3 is 9.80 Å². The van der Waals surface area contributed by atoms with E-state index in [1.54, 1.807) is 0 Å². The topological polar surface area (TPSA) is 13.0 Å². The largest absolute Gasteiger partial charge is 0.302 e. The Morgan fingerprint density at radius 2 is 1.00 bits per heavy atom. The molecule has 23 heavy (non-hydrogen) atoms. The molecule has 0 bridgehead atoms. The van der Waals surface area contributed by atoms with E-state index in [1.807, 2.05) is 0 Å². The van der Waals surface area contributed by atoms with E-state index in [1.165, 1.54) is 110 Å². The van der Waals surface area contributed by atoms with Crippen LogP contribution in [0.15, 0.2) is 0 Å². The van der Waals surface area contributed by atoms with E-state index in [9.17, 15) is 0 Å². The predicted octanol–water partition coefficient (Wildman–Crippen LogP) is 1.72. The fourth-order valence-electron chi connectivity index (χ4n) is 5.36. The Morgan fingerprint density at radius 3 is 1.43 bits per heavy atom. The molecule has 2 atom stereocenters. The average molecular weight is 321 g/mol. The van der Waals surface area contributed by atoms with Gasteiger partial charge in [-0.05, 0) is 97.3 Å². The van der Waals surface area contributed by atoms with Crippen molar-refractivity contribution in [3.63, 3.8) is 0 Å². The summed E-state index contributed by atoms with van der Waals surface area (Å²) in [5.74, 6) is 0. The predicted molar refractivity (Wildman–Crippen MR) is 95.9 cm³/mol. The lowest BCUT2D eigenvalue weighted by Gasteiger charge is -2.25. The van der Waals surface area contributed by atoms with Crippen molar-refractivity contribution in [1.29, 1.82) is 0 Å². The van der Waals surface area contributed by atoms with Gasteiger partial charge in [0.05, 0.1) is 0 Å². The van der Waals surface area contributed by atoms with Gasteiger partial charge in [-0.2, -0.15) is 0 Å². The van der Waals surface area contributed by atoms with Crippen molar-refractivity contribution in [3.8, 4) is 0 Å². The highest BCUT2D eigenvalue weighted by Gasteiger charge is 2.30. The molecule has 0 radical (unpaired) electrons. The molecular weight excluding hydrogens is 284 g/mol. The Balaban J connectivity index is 1.11. The lowest BCUT2D eigenvalue weighted by Crippen LogP contribution is -2.37. The zero-order valence-electron chi connectivity index (χ0n) is 15.0. The zero-order chi connectivity index (χ0) is 15.5. The maximum Gasteiger partial charge on any atom is 0.0235 e. The smallest absolute Gasteiger partial charge is 0.0235 e. The zero-order valence-corrected chi connectivity index (χ0v) is 15.0. The van der Waals surface area contributed by atoms with Gasteiger partial charge in [-0.1, -0.05) is 0 Å². The van der Waals surface area contributed by atoms with Crippen LogP contribution >= 0.6 is 0 Å². The molecule has 2 unspecified atom stereocenters. The second-order valence-electron chi connectivity index (χ2n) is 8.33. The molecule has 0 aromatic carbocycles. The van der Waals surface area contributed by atoms with E-state index >= 15 is 0 Å². The van der Waals surface area contributed by atoms with Gasteiger partial charge in [0.1, 0.15) is 0 Å². The summed E-state index contributed by atoms with van der Waals surface area (Å²) < 4.78 is 0. The Bertz CT molecular complexity index is 328. The lowest BCUT2D eigenvalue weighted by molar-refractivity contribution is 0.215. The number of rotatable bonds is 6. The summed E-state index contributed by atoms with van der Waals surface area (Å²) in [7, 11) is 0. The molecule has 0 saturated carbocycles. The summed E-state index contributed by atoms with van der Waals surface area (Å²) in [6, 6.07) is 1.76. The van der Waals surface area contributed by atoms with Crippen molar-refractivity contribution in [2.75, 3.05) is 65.4 Å². The van der Waals surface area contributed by atoms with Gasteiger partial charge in [-0.25, -0.2) is 0 Å². The summed E-state index contributed by atoms with van der Waals surface area (Å²) in [5.41, 5.74) is 0. The molecule has 132 valence electrons. The van der Waals surface area contributed by atoms with Crippen LogP contribution < -0.4 is 0 Å². The molecule has 0 N–H and O–H groups in total. The molecule has 0 aliphatic carbocycles. The van der Waals surface area contributed by atoms with E-state index in [4.69, 9.17) is 0 Å². The van der Waals surface area contributed by atoms with Crippen LogP contribution in [0.25, 0.3) is 0 Å². The number of hydrogen-bond donors (Lipinski definition) is 0. The van der Waals surface area contributed by atoms with Gasteiger partial charge in [0.2, 0.25) is 0 Å². The van der Waals surface area contributed by atoms with Crippen molar-refractivity contribution in [2.24, 2.45) is 0 Å². The molecule has 4 heterocycles. The first kappa shape index (κ1) is 16.3. The SMILES string of the molecule is C(CN1CCC(N2CCCC2)C1)CN1CCC(N2CCCC2)C1. The van der Waals surface area contributed by atoms with Gasteiger partial charge in [0.25, 0.3) is 0 Å². The van der Waals surface area contributed by atoms with Crippen LogP contribution in [0.2, 0.25) is 0 Å². The van der Waals surface area contributed by atoms with Gasteiger partial charge in [0.15, 0.2) is 0 Å². The molecule has 0 aromatic rings. The van der Waals surface area contributed by atoms with Crippen LogP contribution in [-0.4, -0.2) is 97.1 Å². The van der Waals surface area contributed by atoms with Crippen LogP contribution in [0.4, 0.5) is 0 Å². The maximum atomic E-state index is 2.75. The molecule has 4 fully saturated rings. The molecule has 0 aromatic heterocycles. The molecule has 4 heteroatoms. The molecule has 4 nitrogen and oxygen atoms in total. The summed E-state index contributed by atoms with van der Waals surface area (Å²) >= 11 is 0. The highest BCUT2D eigenvalue weighted by atomic mass is 15.3. The second kappa shape index (κ2) is 7.81. The Kier molecular flexibility index (Phi) is 5.54. The van der Waals surface area contributed by atoms with Gasteiger partial charge >= 0.3 is 0 Å². The van der Waals surface area contributed by atoms with E-state index in [0.29, 0.717) is 0 Å². The van der Waals surface area contributed by atoms with Crippen molar-refractivity contribution in [3.05, 3.63) is 0 Å². The molecule has 0 amide bonds. The summed E-state index contributed by atoms with van der Waals surface area (Å²) in [5, 5.41) is 0. The van der Waals surface area contributed by atoms with E-state index in [0.717, 1.165) is 12.1 Å². The van der Waals surface area contributed by atoms with Crippen LogP contribution in [-0.2, 0) is 0 Å². The van der Waals surface area contributed by atoms with Crippen LogP contribution in [0.5, 0.6) is 0 Å². The molecule has 4 saturated heterocycles. The fraction of sp³-hybridized carbons (Fsp3) is 1.00. The summed E-state index contributed by atoms with van der Waals surface area (Å²) in [6.07, 6.45) is 9.95. The molecule has 4 rings (SSSR count). The van der Waals surface area contributed by atoms with Gasteiger partial charge in [-0.3, -0.25) is 9.80 Å². The quantitative estimate of drug-likeness (QED) is 0.739. The third-order valence-corrected chi connectivity index (χ3v) is 6.76. The van der Waals surface area contributed by atoms with Crippen molar-refractivity contribution >= 4 is 0 Å². The van der Waals surface area contributed by atoms with E-state index in [2.05, 4.69) is 19.6 Å². The third-order valence-electron chi connectivity index (χ3n) is 6.76. The highest BCUT2D eigenvalue weighted by Crippen LogP contribution is 2.22. The second-order valence-corrected chi connectivity index (χ2v) is 8.33. The van der Waals surface area contributed by atoms with Crippen LogP contribution in [0.1, 0.15) is 44.9 Å². The fourth-order valence-corrected chi connectivity index (χ4v) is 5.36. The standard InChI is InChI=1S/C19H36N4/c1-2-11-22(10-1)18-6-14-20(16-18)8-5-9-21-15-7-19(17-21)23-12-3-4-13-23/h18-19H,1-17H2. The molecule has 0 spiro atoms. The first-order valence-corrected chi connectivity index (χ1v) is 10.3. The third kappa shape index (κ3) is 4.09. The van der Waals surface area contributed by atoms with Gasteiger partial charge in [0, 0.05) is 25.2 Å². The molecule has 4 aliphatic heterocycles. The highest BCUT2D eigenvalue weighted by molar-refractivity contribution is 4.87. The minimum absolute atomic E-state index is 0.879. The van der Waals surface area contributed by atoms with Crippen molar-refractivity contribution < 1.29 is 0 Å².